The van der Waals surface area contributed by atoms with Gasteiger partial charge in [-0.15, -0.1) is 11.3 Å². The Bertz CT molecular complexity index is 165. The maximum absolute atomic E-state index is 3.14. The minimum Gasteiger partial charge on any atom is -0.132 e. The van der Waals surface area contributed by atoms with E-state index < -0.39 is 0 Å². The molecule has 11 heavy (non-hydrogen) atoms. The molecule has 0 amide bonds. The summed E-state index contributed by atoms with van der Waals surface area (Å²) in [5, 5.41) is 6.08. The number of thiophene rings is 1. The highest BCUT2D eigenvalue weighted by atomic mass is 32.1. The molecule has 0 unspecified atom stereocenters. The van der Waals surface area contributed by atoms with Crippen LogP contribution < -0.4 is 0 Å². The lowest BCUT2D eigenvalue weighted by molar-refractivity contribution is 0.667. The van der Waals surface area contributed by atoms with E-state index >= 15 is 0 Å². The first-order valence-corrected chi connectivity index (χ1v) is 5.04. The van der Waals surface area contributed by atoms with Gasteiger partial charge in [0.2, 0.25) is 0 Å². The standard InChI is InChI=1S/C10H13S/c1-2-3-4-5-6-10-7-8-11-9-10/h2-6H2,1H3. The van der Waals surface area contributed by atoms with Crippen LogP contribution in [0.15, 0.2) is 0 Å². The van der Waals surface area contributed by atoms with E-state index in [4.69, 9.17) is 0 Å². The molecule has 0 N–H and O–H groups in total. The van der Waals surface area contributed by atoms with Gasteiger partial charge in [0.1, 0.15) is 0 Å². The number of unbranched alkanes of at least 4 members (excludes halogenated alkanes) is 3. The molecule has 59 valence electrons. The second-order valence-corrected chi connectivity index (χ2v) is 3.33. The molecule has 1 heterocycles. The van der Waals surface area contributed by atoms with E-state index in [9.17, 15) is 0 Å². The van der Waals surface area contributed by atoms with Gasteiger partial charge in [-0.3, -0.25) is 0 Å². The van der Waals surface area contributed by atoms with Crippen molar-refractivity contribution in [3.8, 4) is 0 Å². The van der Waals surface area contributed by atoms with Crippen LogP contribution in [-0.2, 0) is 6.42 Å². The fourth-order valence-corrected chi connectivity index (χ4v) is 1.54. The Morgan fingerprint density at radius 2 is 2.18 bits per heavy atom. The van der Waals surface area contributed by atoms with Crippen molar-refractivity contribution in [2.45, 2.75) is 39.0 Å². The van der Waals surface area contributed by atoms with Crippen LogP contribution in [0.5, 0.6) is 0 Å². The Hall–Kier alpha value is -0.300. The van der Waals surface area contributed by atoms with Gasteiger partial charge in [-0.1, -0.05) is 26.2 Å². The highest BCUT2D eigenvalue weighted by molar-refractivity contribution is 7.06. The van der Waals surface area contributed by atoms with Gasteiger partial charge in [-0.2, -0.15) is 0 Å². The predicted octanol–water partition coefficient (Wildman–Crippen LogP) is 3.27. The molecule has 0 spiro atoms. The minimum atomic E-state index is 1.14. The largest absolute Gasteiger partial charge is 0.132 e. The van der Waals surface area contributed by atoms with Crippen LogP contribution in [0.25, 0.3) is 0 Å². The van der Waals surface area contributed by atoms with E-state index in [0.29, 0.717) is 0 Å². The third kappa shape index (κ3) is 3.57. The zero-order valence-corrected chi connectivity index (χ0v) is 7.76. The molecule has 0 nitrogen and oxygen atoms in total. The van der Waals surface area contributed by atoms with Crippen molar-refractivity contribution < 1.29 is 0 Å². The van der Waals surface area contributed by atoms with Gasteiger partial charge in [0.05, 0.1) is 5.38 Å². The Morgan fingerprint density at radius 3 is 2.82 bits per heavy atom. The summed E-state index contributed by atoms with van der Waals surface area (Å²) in [6.07, 6.45) is 6.43. The monoisotopic (exact) mass is 165 g/mol. The van der Waals surface area contributed by atoms with Gasteiger partial charge in [-0.25, -0.2) is 0 Å². The second-order valence-electron chi connectivity index (χ2n) is 2.72. The van der Waals surface area contributed by atoms with Crippen molar-refractivity contribution in [1.29, 1.82) is 0 Å². The summed E-state index contributed by atoms with van der Waals surface area (Å²) in [5.41, 5.74) is 1.21. The minimum absolute atomic E-state index is 1.14. The van der Waals surface area contributed by atoms with Crippen LogP contribution in [0.3, 0.4) is 0 Å². The van der Waals surface area contributed by atoms with Crippen LogP contribution in [0.1, 0.15) is 38.2 Å². The SMILES string of the molecule is CCCCCCc1[c][c]s[c]1. The molecule has 0 aliphatic carbocycles. The van der Waals surface area contributed by atoms with Crippen molar-refractivity contribution >= 4 is 11.3 Å². The molecular weight excluding hydrogens is 152 g/mol. The third-order valence-corrected chi connectivity index (χ3v) is 2.26. The third-order valence-electron chi connectivity index (χ3n) is 1.71. The molecule has 1 rings (SSSR count). The van der Waals surface area contributed by atoms with Crippen molar-refractivity contribution in [3.63, 3.8) is 0 Å². The van der Waals surface area contributed by atoms with Crippen LogP contribution in [0.2, 0.25) is 0 Å². The topological polar surface area (TPSA) is 0 Å². The van der Waals surface area contributed by atoms with Crippen molar-refractivity contribution in [2.24, 2.45) is 0 Å². The van der Waals surface area contributed by atoms with Gasteiger partial charge >= 0.3 is 0 Å². The summed E-state index contributed by atoms with van der Waals surface area (Å²) in [7, 11) is 0. The molecule has 0 bridgehead atoms. The summed E-state index contributed by atoms with van der Waals surface area (Å²) >= 11 is 1.50. The Labute approximate surface area is 73.3 Å². The summed E-state index contributed by atoms with van der Waals surface area (Å²) in [4.78, 5) is 0. The maximum atomic E-state index is 3.14. The van der Waals surface area contributed by atoms with Crippen LogP contribution >= 0.6 is 11.3 Å². The molecule has 0 saturated carbocycles. The quantitative estimate of drug-likeness (QED) is 0.587. The van der Waals surface area contributed by atoms with Gasteiger partial charge in [0, 0.05) is 11.4 Å². The van der Waals surface area contributed by atoms with E-state index in [2.05, 4.69) is 23.8 Å². The lowest BCUT2D eigenvalue weighted by Crippen LogP contribution is -1.82. The number of rotatable bonds is 5. The van der Waals surface area contributed by atoms with Gasteiger partial charge in [0.25, 0.3) is 0 Å². The zero-order chi connectivity index (χ0) is 7.94. The van der Waals surface area contributed by atoms with Crippen molar-refractivity contribution in [3.05, 3.63) is 22.4 Å². The maximum Gasteiger partial charge on any atom is 0.0538 e. The number of hydrogen-bond donors (Lipinski definition) is 0. The number of aryl methyl sites for hydroxylation is 1. The van der Waals surface area contributed by atoms with E-state index in [1.165, 1.54) is 42.6 Å². The average molecular weight is 165 g/mol. The molecule has 1 aromatic heterocycles. The second kappa shape index (κ2) is 5.36. The molecule has 0 aliphatic rings. The fourth-order valence-electron chi connectivity index (χ4n) is 1.04. The molecule has 0 aliphatic heterocycles. The lowest BCUT2D eigenvalue weighted by Gasteiger charge is -1.95. The zero-order valence-electron chi connectivity index (χ0n) is 6.94. The first kappa shape index (κ1) is 8.79. The first-order chi connectivity index (χ1) is 5.43. The van der Waals surface area contributed by atoms with E-state index in [1.807, 2.05) is 0 Å². The smallest absolute Gasteiger partial charge is 0.0538 e. The summed E-state index contributed by atoms with van der Waals surface area (Å²) in [5.74, 6) is 0. The van der Waals surface area contributed by atoms with Crippen molar-refractivity contribution in [2.75, 3.05) is 0 Å². The molecule has 0 fully saturated rings. The molecule has 0 atom stereocenters. The van der Waals surface area contributed by atoms with Crippen LogP contribution in [-0.4, -0.2) is 0 Å². The summed E-state index contributed by atoms with van der Waals surface area (Å²) in [6, 6.07) is 3.05. The van der Waals surface area contributed by atoms with Crippen LogP contribution in [0, 0.1) is 16.8 Å². The van der Waals surface area contributed by atoms with Crippen LogP contribution in [0.4, 0.5) is 0 Å². The molecular formula is C10H13S. The summed E-state index contributed by atoms with van der Waals surface area (Å²) in [6.45, 7) is 2.23. The predicted molar refractivity (Wildman–Crippen MR) is 48.7 cm³/mol. The molecule has 1 heteroatoms. The van der Waals surface area contributed by atoms with Gasteiger partial charge < -0.3 is 0 Å². The molecule has 1 aromatic rings. The number of hydrogen-bond acceptors (Lipinski definition) is 1. The van der Waals surface area contributed by atoms with Gasteiger partial charge in [-0.05, 0) is 18.4 Å². The fraction of sp³-hybridized carbons (Fsp3) is 0.600. The van der Waals surface area contributed by atoms with E-state index in [0.717, 1.165) is 6.42 Å². The van der Waals surface area contributed by atoms with E-state index in [-0.39, 0.29) is 0 Å². The average Bonchev–Trinajstić information content (AvgIpc) is 2.50. The molecule has 0 saturated heterocycles. The first-order valence-electron chi connectivity index (χ1n) is 4.22. The normalized spacial score (nSPS) is 10.3. The van der Waals surface area contributed by atoms with Gasteiger partial charge in [0.15, 0.2) is 0 Å². The molecule has 0 aromatic carbocycles. The Balaban J connectivity index is 2.04. The Morgan fingerprint density at radius 1 is 1.27 bits per heavy atom. The molecule has 3 radical (unpaired) electrons. The Kier molecular flexibility index (Phi) is 4.29. The highest BCUT2D eigenvalue weighted by Crippen LogP contribution is 2.08. The van der Waals surface area contributed by atoms with E-state index in [1.54, 1.807) is 0 Å². The highest BCUT2D eigenvalue weighted by Gasteiger charge is 1.93. The van der Waals surface area contributed by atoms with Crippen molar-refractivity contribution in [1.82, 2.24) is 0 Å². The summed E-state index contributed by atoms with van der Waals surface area (Å²) < 4.78 is 0. The lowest BCUT2D eigenvalue weighted by atomic mass is 10.1.